The Morgan fingerprint density at radius 2 is 1.94 bits per heavy atom. The van der Waals surface area contributed by atoms with Crippen molar-refractivity contribution in [2.45, 2.75) is 20.8 Å². The molecule has 0 radical (unpaired) electrons. The van der Waals surface area contributed by atoms with Gasteiger partial charge in [0.25, 0.3) is 0 Å². The largest absolute Gasteiger partial charge is 0.290 e. The third-order valence-electron chi connectivity index (χ3n) is 2.40. The van der Waals surface area contributed by atoms with Crippen LogP contribution in [0.5, 0.6) is 0 Å². The summed E-state index contributed by atoms with van der Waals surface area (Å²) in [4.78, 5) is 4.22. The van der Waals surface area contributed by atoms with E-state index in [1.807, 2.05) is 13.8 Å². The number of rotatable bonds is 3. The summed E-state index contributed by atoms with van der Waals surface area (Å²) in [6, 6.07) is 4.15. The van der Waals surface area contributed by atoms with Crippen LogP contribution in [0.15, 0.2) is 29.8 Å². The molecule has 3 heteroatoms. The number of aryl methyl sites for hydroxylation is 3. The number of nitrogens with one attached hydrogen (secondary N) is 1. The Morgan fingerprint density at radius 1 is 1.38 bits per heavy atom. The van der Waals surface area contributed by atoms with Crippen molar-refractivity contribution >= 4 is 5.84 Å². The summed E-state index contributed by atoms with van der Waals surface area (Å²) in [5.74, 6) is 0.495. The fraction of sp³-hybridized carbons (Fsp3) is 0.308. The molecule has 0 unspecified atom stereocenters. The predicted molar refractivity (Wildman–Crippen MR) is 67.2 cm³/mol. The molecule has 0 aliphatic heterocycles. The highest BCUT2D eigenvalue weighted by molar-refractivity contribution is 6.00. The van der Waals surface area contributed by atoms with Crippen LogP contribution >= 0.6 is 0 Å². The molecular weight excluding hydrogens is 200 g/mol. The molecule has 0 aromatic heterocycles. The Labute approximate surface area is 96.5 Å². The van der Waals surface area contributed by atoms with Crippen LogP contribution in [0.4, 0.5) is 0 Å². The van der Waals surface area contributed by atoms with Crippen LogP contribution in [0.3, 0.4) is 0 Å². The van der Waals surface area contributed by atoms with Gasteiger partial charge in [-0.1, -0.05) is 23.8 Å². The standard InChI is InChI=1S/C13H18N2O/c1-5-6-14-13(15-16)12-10(3)7-9(2)8-11(12)4/h5,7-8,16H,1,6H2,2-4H3,(H,14,15). The quantitative estimate of drug-likeness (QED) is 0.354. The average molecular weight is 218 g/mol. The van der Waals surface area contributed by atoms with Crippen LogP contribution in [0.1, 0.15) is 22.3 Å². The molecule has 1 aromatic carbocycles. The molecule has 1 rings (SSSR count). The monoisotopic (exact) mass is 218 g/mol. The number of aliphatic imine (C=N–C) groups is 1. The summed E-state index contributed by atoms with van der Waals surface area (Å²) >= 11 is 0. The molecule has 0 bridgehead atoms. The fourth-order valence-electron chi connectivity index (χ4n) is 1.88. The lowest BCUT2D eigenvalue weighted by atomic mass is 9.99. The van der Waals surface area contributed by atoms with Gasteiger partial charge in [-0.25, -0.2) is 0 Å². The number of benzene rings is 1. The van der Waals surface area contributed by atoms with Gasteiger partial charge in [-0.2, -0.15) is 0 Å². The highest BCUT2D eigenvalue weighted by Crippen LogP contribution is 2.16. The Balaban J connectivity index is 3.24. The molecule has 0 amide bonds. The second-order valence-electron chi connectivity index (χ2n) is 3.86. The summed E-state index contributed by atoms with van der Waals surface area (Å²) in [5, 5.41) is 9.11. The van der Waals surface area contributed by atoms with Gasteiger partial charge in [0.2, 0.25) is 0 Å². The first-order valence-electron chi connectivity index (χ1n) is 5.23. The maximum atomic E-state index is 9.11. The molecule has 2 N–H and O–H groups in total. The first-order valence-corrected chi connectivity index (χ1v) is 5.23. The second kappa shape index (κ2) is 5.47. The van der Waals surface area contributed by atoms with Gasteiger partial charge in [0.05, 0.1) is 6.54 Å². The minimum absolute atomic E-state index is 0.482. The van der Waals surface area contributed by atoms with Gasteiger partial charge in [-0.3, -0.25) is 15.7 Å². The van der Waals surface area contributed by atoms with E-state index in [1.54, 1.807) is 6.08 Å². The lowest BCUT2D eigenvalue weighted by Crippen LogP contribution is -2.23. The van der Waals surface area contributed by atoms with Crippen molar-refractivity contribution in [3.05, 3.63) is 47.0 Å². The van der Waals surface area contributed by atoms with Crippen LogP contribution in [0.25, 0.3) is 0 Å². The van der Waals surface area contributed by atoms with Gasteiger partial charge in [0.15, 0.2) is 5.84 Å². The van der Waals surface area contributed by atoms with Gasteiger partial charge in [0.1, 0.15) is 0 Å². The van der Waals surface area contributed by atoms with Crippen LogP contribution in [0, 0.1) is 20.8 Å². The highest BCUT2D eigenvalue weighted by Gasteiger charge is 2.09. The zero-order valence-electron chi connectivity index (χ0n) is 10.0. The summed E-state index contributed by atoms with van der Waals surface area (Å²) in [6.07, 6.45) is 1.69. The number of hydroxylamine groups is 1. The fourth-order valence-corrected chi connectivity index (χ4v) is 1.88. The summed E-state index contributed by atoms with van der Waals surface area (Å²) in [6.45, 7) is 10.2. The van der Waals surface area contributed by atoms with E-state index >= 15 is 0 Å². The second-order valence-corrected chi connectivity index (χ2v) is 3.86. The van der Waals surface area contributed by atoms with E-state index in [-0.39, 0.29) is 0 Å². The maximum Gasteiger partial charge on any atom is 0.153 e. The minimum atomic E-state index is 0.482. The maximum absolute atomic E-state index is 9.11. The first kappa shape index (κ1) is 12.5. The van der Waals surface area contributed by atoms with Crippen molar-refractivity contribution in [2.75, 3.05) is 6.54 Å². The van der Waals surface area contributed by atoms with E-state index in [4.69, 9.17) is 5.21 Å². The van der Waals surface area contributed by atoms with Crippen molar-refractivity contribution in [3.8, 4) is 0 Å². The molecule has 1 aromatic rings. The van der Waals surface area contributed by atoms with E-state index in [1.165, 1.54) is 5.56 Å². The van der Waals surface area contributed by atoms with Crippen LogP contribution in [-0.4, -0.2) is 17.6 Å². The molecule has 0 fully saturated rings. The molecule has 0 saturated carbocycles. The SMILES string of the molecule is C=CCN=C(NO)c1c(C)cc(C)cc1C. The highest BCUT2D eigenvalue weighted by atomic mass is 16.5. The van der Waals surface area contributed by atoms with Crippen LogP contribution in [0.2, 0.25) is 0 Å². The third kappa shape index (κ3) is 2.70. The molecule has 16 heavy (non-hydrogen) atoms. The normalized spacial score (nSPS) is 11.4. The van der Waals surface area contributed by atoms with Gasteiger partial charge in [-0.15, -0.1) is 6.58 Å². The Hall–Kier alpha value is -1.61. The zero-order valence-corrected chi connectivity index (χ0v) is 10.0. The average Bonchev–Trinajstić information content (AvgIpc) is 2.21. The number of hydrogen-bond acceptors (Lipinski definition) is 2. The molecule has 0 spiro atoms. The Bertz CT molecular complexity index is 399. The van der Waals surface area contributed by atoms with Gasteiger partial charge in [0, 0.05) is 5.56 Å². The van der Waals surface area contributed by atoms with E-state index in [0.29, 0.717) is 12.4 Å². The number of nitrogens with zero attached hydrogens (tertiary/aromatic N) is 1. The summed E-state index contributed by atoms with van der Waals surface area (Å²) in [7, 11) is 0. The van der Waals surface area contributed by atoms with Gasteiger partial charge < -0.3 is 0 Å². The van der Waals surface area contributed by atoms with Crippen molar-refractivity contribution < 1.29 is 5.21 Å². The molecular formula is C13H18N2O. The first-order chi connectivity index (χ1) is 7.60. The molecule has 0 aliphatic carbocycles. The number of hydrogen-bond donors (Lipinski definition) is 2. The zero-order chi connectivity index (χ0) is 12.1. The van der Waals surface area contributed by atoms with Crippen molar-refractivity contribution in [3.63, 3.8) is 0 Å². The Kier molecular flexibility index (Phi) is 4.26. The molecule has 0 saturated heterocycles. The van der Waals surface area contributed by atoms with E-state index in [9.17, 15) is 0 Å². The summed E-state index contributed by atoms with van der Waals surface area (Å²) in [5.41, 5.74) is 6.52. The van der Waals surface area contributed by atoms with E-state index in [0.717, 1.165) is 16.7 Å². The minimum Gasteiger partial charge on any atom is -0.290 e. The predicted octanol–water partition coefficient (Wildman–Crippen LogP) is 2.52. The molecule has 0 aliphatic rings. The van der Waals surface area contributed by atoms with Gasteiger partial charge >= 0.3 is 0 Å². The topological polar surface area (TPSA) is 44.6 Å². The van der Waals surface area contributed by atoms with Crippen molar-refractivity contribution in [1.82, 2.24) is 5.48 Å². The van der Waals surface area contributed by atoms with Crippen LogP contribution in [-0.2, 0) is 0 Å². The van der Waals surface area contributed by atoms with Crippen molar-refractivity contribution in [1.29, 1.82) is 0 Å². The smallest absolute Gasteiger partial charge is 0.153 e. The lowest BCUT2D eigenvalue weighted by molar-refractivity contribution is 0.234. The van der Waals surface area contributed by atoms with E-state index in [2.05, 4.69) is 36.1 Å². The lowest BCUT2D eigenvalue weighted by Gasteiger charge is -2.12. The Morgan fingerprint density at radius 3 is 2.38 bits per heavy atom. The van der Waals surface area contributed by atoms with Crippen LogP contribution < -0.4 is 5.48 Å². The summed E-state index contributed by atoms with van der Waals surface area (Å²) < 4.78 is 0. The number of amidine groups is 1. The van der Waals surface area contributed by atoms with Crippen molar-refractivity contribution in [2.24, 2.45) is 4.99 Å². The third-order valence-corrected chi connectivity index (χ3v) is 2.40. The molecule has 0 atom stereocenters. The van der Waals surface area contributed by atoms with E-state index < -0.39 is 0 Å². The molecule has 86 valence electrons. The van der Waals surface area contributed by atoms with Gasteiger partial charge in [-0.05, 0) is 31.9 Å². The molecule has 3 nitrogen and oxygen atoms in total. The molecule has 0 heterocycles.